The highest BCUT2D eigenvalue weighted by molar-refractivity contribution is 6.05. The molecule has 0 bridgehead atoms. The summed E-state index contributed by atoms with van der Waals surface area (Å²) in [6, 6.07) is 10.4. The van der Waals surface area contributed by atoms with Crippen molar-refractivity contribution < 1.29 is 28.6 Å². The van der Waals surface area contributed by atoms with Crippen LogP contribution in [0.4, 0.5) is 5.69 Å². The number of benzene rings is 2. The van der Waals surface area contributed by atoms with Gasteiger partial charge in [0, 0.05) is 18.2 Å². The molecule has 0 saturated heterocycles. The van der Waals surface area contributed by atoms with Gasteiger partial charge in [-0.2, -0.15) is 0 Å². The van der Waals surface area contributed by atoms with Gasteiger partial charge in [-0.3, -0.25) is 19.3 Å². The standard InChI is InChI=1S/C22H22N2O6/c1-13(25)16-8-19-20(30-12-29-19)9-17(16)23-21(26)11-24-10-15-6-4-3-5-14(15)7-18(24)22(27)28-2/h3-6,8-9,18H,7,10-12H2,1-2H3,(H,23,26)/t18-/m1/s1. The Morgan fingerprint density at radius 3 is 2.53 bits per heavy atom. The number of carbonyl (C=O) groups excluding carboxylic acids is 3. The molecule has 2 aliphatic rings. The first-order valence-electron chi connectivity index (χ1n) is 9.59. The fourth-order valence-corrected chi connectivity index (χ4v) is 3.82. The Bertz CT molecular complexity index is 1020. The average molecular weight is 410 g/mol. The Kier molecular flexibility index (Phi) is 5.41. The fraction of sp³-hybridized carbons (Fsp3) is 0.318. The second-order valence-electron chi connectivity index (χ2n) is 7.27. The molecule has 1 amide bonds. The lowest BCUT2D eigenvalue weighted by atomic mass is 9.94. The van der Waals surface area contributed by atoms with E-state index in [1.807, 2.05) is 24.3 Å². The quantitative estimate of drug-likeness (QED) is 0.596. The highest BCUT2D eigenvalue weighted by atomic mass is 16.7. The molecule has 0 aromatic heterocycles. The van der Waals surface area contributed by atoms with Gasteiger partial charge in [0.1, 0.15) is 6.04 Å². The molecule has 0 spiro atoms. The van der Waals surface area contributed by atoms with E-state index in [0.29, 0.717) is 35.7 Å². The number of rotatable bonds is 5. The van der Waals surface area contributed by atoms with E-state index in [9.17, 15) is 14.4 Å². The lowest BCUT2D eigenvalue weighted by Gasteiger charge is -2.34. The van der Waals surface area contributed by atoms with Crippen LogP contribution in [0.1, 0.15) is 28.4 Å². The minimum absolute atomic E-state index is 0.0279. The summed E-state index contributed by atoms with van der Waals surface area (Å²) in [5.74, 6) is 0.00335. The molecule has 0 fully saturated rings. The second kappa shape index (κ2) is 8.16. The van der Waals surface area contributed by atoms with Gasteiger partial charge in [0.25, 0.3) is 0 Å². The summed E-state index contributed by atoms with van der Waals surface area (Å²) in [5.41, 5.74) is 2.82. The molecule has 2 aromatic rings. The third kappa shape index (κ3) is 3.86. The molecule has 0 saturated carbocycles. The van der Waals surface area contributed by atoms with Crippen LogP contribution >= 0.6 is 0 Å². The Hall–Kier alpha value is -3.39. The van der Waals surface area contributed by atoms with Gasteiger partial charge in [-0.25, -0.2) is 0 Å². The Labute approximate surface area is 173 Å². The van der Waals surface area contributed by atoms with Crippen molar-refractivity contribution in [2.75, 3.05) is 25.8 Å². The molecule has 1 N–H and O–H groups in total. The molecule has 0 radical (unpaired) electrons. The van der Waals surface area contributed by atoms with E-state index in [-0.39, 0.29) is 31.0 Å². The fourth-order valence-electron chi connectivity index (χ4n) is 3.82. The molecule has 2 heterocycles. The van der Waals surface area contributed by atoms with Crippen molar-refractivity contribution >= 4 is 23.3 Å². The number of methoxy groups -OCH3 is 1. The summed E-state index contributed by atoms with van der Waals surface area (Å²) < 4.78 is 15.6. The zero-order valence-electron chi connectivity index (χ0n) is 16.8. The highest BCUT2D eigenvalue weighted by Gasteiger charge is 2.33. The van der Waals surface area contributed by atoms with Crippen LogP contribution in [0.2, 0.25) is 0 Å². The Morgan fingerprint density at radius 1 is 1.13 bits per heavy atom. The van der Waals surface area contributed by atoms with Crippen molar-refractivity contribution in [3.8, 4) is 11.5 Å². The van der Waals surface area contributed by atoms with Crippen LogP contribution in [0.3, 0.4) is 0 Å². The molecule has 2 aliphatic heterocycles. The van der Waals surface area contributed by atoms with Crippen LogP contribution in [0.25, 0.3) is 0 Å². The molecule has 4 rings (SSSR count). The predicted molar refractivity (Wildman–Crippen MR) is 108 cm³/mol. The largest absolute Gasteiger partial charge is 0.468 e. The Morgan fingerprint density at radius 2 is 1.83 bits per heavy atom. The molecule has 0 unspecified atom stereocenters. The molecule has 2 aromatic carbocycles. The lowest BCUT2D eigenvalue weighted by Crippen LogP contribution is -2.49. The number of nitrogens with zero attached hydrogens (tertiary/aromatic N) is 1. The number of anilines is 1. The van der Waals surface area contributed by atoms with Crippen molar-refractivity contribution in [2.45, 2.75) is 25.9 Å². The van der Waals surface area contributed by atoms with E-state index in [0.717, 1.165) is 11.1 Å². The van der Waals surface area contributed by atoms with Gasteiger partial charge in [-0.05, 0) is 30.5 Å². The van der Waals surface area contributed by atoms with Crippen LogP contribution in [0.15, 0.2) is 36.4 Å². The number of fused-ring (bicyclic) bond motifs is 2. The van der Waals surface area contributed by atoms with Gasteiger partial charge >= 0.3 is 5.97 Å². The van der Waals surface area contributed by atoms with E-state index in [1.54, 1.807) is 17.0 Å². The monoisotopic (exact) mass is 410 g/mol. The number of Topliss-reactive ketones (excluding diaryl/α,β-unsaturated/α-hetero) is 1. The molecular formula is C22H22N2O6. The smallest absolute Gasteiger partial charge is 0.323 e. The zero-order valence-corrected chi connectivity index (χ0v) is 16.8. The van der Waals surface area contributed by atoms with E-state index < -0.39 is 6.04 Å². The van der Waals surface area contributed by atoms with E-state index in [2.05, 4.69) is 5.32 Å². The number of hydrogen-bond donors (Lipinski definition) is 1. The molecule has 30 heavy (non-hydrogen) atoms. The van der Waals surface area contributed by atoms with Crippen LogP contribution in [-0.4, -0.2) is 49.0 Å². The molecular weight excluding hydrogens is 388 g/mol. The molecule has 8 nitrogen and oxygen atoms in total. The third-order valence-corrected chi connectivity index (χ3v) is 5.33. The van der Waals surface area contributed by atoms with Gasteiger partial charge in [0.05, 0.1) is 19.3 Å². The lowest BCUT2D eigenvalue weighted by molar-refractivity contribution is -0.148. The van der Waals surface area contributed by atoms with Crippen LogP contribution in [0.5, 0.6) is 11.5 Å². The first kappa shape index (κ1) is 19.9. The number of nitrogens with one attached hydrogen (secondary N) is 1. The normalized spacial score (nSPS) is 17.2. The number of carbonyl (C=O) groups is 3. The van der Waals surface area contributed by atoms with E-state index in [4.69, 9.17) is 14.2 Å². The third-order valence-electron chi connectivity index (χ3n) is 5.33. The van der Waals surface area contributed by atoms with E-state index in [1.165, 1.54) is 14.0 Å². The van der Waals surface area contributed by atoms with Crippen LogP contribution in [0, 0.1) is 0 Å². The Balaban J connectivity index is 1.54. The van der Waals surface area contributed by atoms with Crippen molar-refractivity contribution in [1.82, 2.24) is 4.90 Å². The van der Waals surface area contributed by atoms with Gasteiger partial charge in [0.15, 0.2) is 17.3 Å². The summed E-state index contributed by atoms with van der Waals surface area (Å²) in [6.45, 7) is 1.91. The summed E-state index contributed by atoms with van der Waals surface area (Å²) in [5, 5.41) is 2.78. The first-order chi connectivity index (χ1) is 14.5. The average Bonchev–Trinajstić information content (AvgIpc) is 3.19. The van der Waals surface area contributed by atoms with Gasteiger partial charge in [-0.1, -0.05) is 24.3 Å². The maximum atomic E-state index is 12.8. The molecule has 8 heteroatoms. The van der Waals surface area contributed by atoms with Gasteiger partial charge in [0.2, 0.25) is 12.7 Å². The van der Waals surface area contributed by atoms with Crippen molar-refractivity contribution in [3.05, 3.63) is 53.1 Å². The number of ether oxygens (including phenoxy) is 3. The van der Waals surface area contributed by atoms with Gasteiger partial charge < -0.3 is 19.5 Å². The highest BCUT2D eigenvalue weighted by Crippen LogP contribution is 2.37. The van der Waals surface area contributed by atoms with Crippen molar-refractivity contribution in [3.63, 3.8) is 0 Å². The number of amides is 1. The van der Waals surface area contributed by atoms with Crippen LogP contribution < -0.4 is 14.8 Å². The topological polar surface area (TPSA) is 94.2 Å². The number of esters is 1. The molecule has 1 atom stereocenters. The van der Waals surface area contributed by atoms with Gasteiger partial charge in [-0.15, -0.1) is 0 Å². The number of ketones is 1. The summed E-state index contributed by atoms with van der Waals surface area (Å²) in [4.78, 5) is 39.0. The van der Waals surface area contributed by atoms with E-state index >= 15 is 0 Å². The minimum atomic E-state index is -0.556. The summed E-state index contributed by atoms with van der Waals surface area (Å²) >= 11 is 0. The first-order valence-corrected chi connectivity index (χ1v) is 9.59. The maximum absolute atomic E-state index is 12.8. The summed E-state index contributed by atoms with van der Waals surface area (Å²) in [6.07, 6.45) is 0.471. The SMILES string of the molecule is COC(=O)[C@H]1Cc2ccccc2CN1CC(=O)Nc1cc2c(cc1C(C)=O)OCO2. The zero-order chi connectivity index (χ0) is 21.3. The predicted octanol–water partition coefficient (Wildman–Crippen LogP) is 2.16. The maximum Gasteiger partial charge on any atom is 0.323 e. The van der Waals surface area contributed by atoms with Crippen molar-refractivity contribution in [1.29, 1.82) is 0 Å². The number of hydrogen-bond acceptors (Lipinski definition) is 7. The molecule has 156 valence electrons. The van der Waals surface area contributed by atoms with Crippen molar-refractivity contribution in [2.24, 2.45) is 0 Å². The summed E-state index contributed by atoms with van der Waals surface area (Å²) in [7, 11) is 1.34. The minimum Gasteiger partial charge on any atom is -0.468 e. The molecule has 0 aliphatic carbocycles. The van der Waals surface area contributed by atoms with Crippen LogP contribution in [-0.2, 0) is 27.3 Å². The second-order valence-corrected chi connectivity index (χ2v) is 7.27.